The van der Waals surface area contributed by atoms with Crippen LogP contribution in [0.3, 0.4) is 0 Å². The molecule has 23 nitrogen and oxygen atoms in total. The highest BCUT2D eigenvalue weighted by molar-refractivity contribution is 5.99. The largest absolute Gasteiger partial charge is 0.419 e. The maximum absolute atomic E-state index is 15.3. The molecule has 1 spiro atoms. The summed E-state index contributed by atoms with van der Waals surface area (Å²) in [4.78, 5) is 171. The second kappa shape index (κ2) is 34.0. The summed E-state index contributed by atoms with van der Waals surface area (Å²) in [5.41, 5.74) is -3.10. The van der Waals surface area contributed by atoms with Crippen LogP contribution in [0.5, 0.6) is 0 Å². The van der Waals surface area contributed by atoms with Gasteiger partial charge in [-0.3, -0.25) is 52.7 Å². The van der Waals surface area contributed by atoms with Crippen LogP contribution in [-0.2, 0) is 70.1 Å². The highest BCUT2D eigenvalue weighted by atomic mass is 19.4. The van der Waals surface area contributed by atoms with Crippen LogP contribution in [0.15, 0.2) is 18.2 Å². The van der Waals surface area contributed by atoms with Crippen molar-refractivity contribution in [3.63, 3.8) is 0 Å². The molecule has 3 N–H and O–H groups in total. The number of rotatable bonds is 11. The van der Waals surface area contributed by atoms with E-state index in [1.807, 2.05) is 34.6 Å². The van der Waals surface area contributed by atoms with Crippen LogP contribution in [0.4, 0.5) is 17.6 Å². The number of aryl methyl sites for hydroxylation is 1. The minimum atomic E-state index is -5.00. The molecule has 3 heterocycles. The van der Waals surface area contributed by atoms with Crippen LogP contribution in [-0.4, -0.2) is 241 Å². The number of ether oxygens (including phenoxy) is 1. The van der Waals surface area contributed by atoms with E-state index in [1.54, 1.807) is 13.8 Å². The Bertz CT molecular complexity index is 2830. The van der Waals surface area contributed by atoms with Crippen LogP contribution in [0, 0.1) is 29.5 Å². The third-order valence-corrected chi connectivity index (χ3v) is 19.3. The van der Waals surface area contributed by atoms with E-state index in [1.165, 1.54) is 73.8 Å². The Kier molecular flexibility index (Phi) is 28.0. The molecule has 1 saturated carbocycles. The number of carbonyl (C=O) groups excluding carboxylic acids is 11. The Morgan fingerprint density at radius 2 is 1.23 bits per heavy atom. The van der Waals surface area contributed by atoms with E-state index in [9.17, 15) is 60.7 Å². The molecule has 3 saturated heterocycles. The van der Waals surface area contributed by atoms with E-state index in [-0.39, 0.29) is 101 Å². The highest BCUT2D eigenvalue weighted by Gasteiger charge is 2.49. The first kappa shape index (κ1) is 76.8. The number of fused-ring (bicyclic) bond motifs is 1. The molecule has 0 unspecified atom stereocenters. The zero-order valence-electron chi connectivity index (χ0n) is 57.1. The van der Waals surface area contributed by atoms with E-state index < -0.39 is 156 Å². The minimum Gasteiger partial charge on any atom is -0.381 e. The molecular formula is C66H103F4N11O12. The molecule has 1 aromatic rings. The van der Waals surface area contributed by atoms with Crippen LogP contribution >= 0.6 is 0 Å². The Balaban J connectivity index is 1.58. The van der Waals surface area contributed by atoms with Gasteiger partial charge in [0.15, 0.2) is 0 Å². The maximum Gasteiger partial charge on any atom is 0.419 e. The Labute approximate surface area is 546 Å². The van der Waals surface area contributed by atoms with E-state index in [2.05, 4.69) is 16.0 Å². The summed E-state index contributed by atoms with van der Waals surface area (Å²) < 4.78 is 61.6. The van der Waals surface area contributed by atoms with Gasteiger partial charge in [0.2, 0.25) is 65.0 Å². The van der Waals surface area contributed by atoms with Gasteiger partial charge in [-0.1, -0.05) is 86.1 Å². The average molecular weight is 1320 g/mol. The molecule has 0 bridgehead atoms. The zero-order chi connectivity index (χ0) is 69.6. The van der Waals surface area contributed by atoms with E-state index in [0.717, 1.165) is 52.9 Å². The summed E-state index contributed by atoms with van der Waals surface area (Å²) in [7, 11) is 9.98. The van der Waals surface area contributed by atoms with Crippen molar-refractivity contribution in [2.45, 2.75) is 205 Å². The molecular weight excluding hydrogens is 1210 g/mol. The number of benzene rings is 1. The van der Waals surface area contributed by atoms with Crippen molar-refractivity contribution in [3.8, 4) is 0 Å². The van der Waals surface area contributed by atoms with Gasteiger partial charge in [-0.15, -0.1) is 0 Å². The number of amides is 11. The van der Waals surface area contributed by atoms with Gasteiger partial charge in [0.05, 0.1) is 25.2 Å². The second-order valence-electron chi connectivity index (χ2n) is 27.3. The number of hydrogen-bond donors (Lipinski definition) is 3. The van der Waals surface area contributed by atoms with Crippen molar-refractivity contribution in [1.82, 2.24) is 55.1 Å². The molecule has 522 valence electrons. The fourth-order valence-electron chi connectivity index (χ4n) is 12.9. The Morgan fingerprint density at radius 3 is 1.82 bits per heavy atom. The first-order chi connectivity index (χ1) is 43.5. The molecule has 27 heteroatoms. The van der Waals surface area contributed by atoms with Gasteiger partial charge in [-0.2, -0.15) is 13.2 Å². The molecule has 11 amide bonds. The molecule has 1 aliphatic carbocycles. The molecule has 0 radical (unpaired) electrons. The van der Waals surface area contributed by atoms with Gasteiger partial charge in [-0.25, -0.2) is 4.39 Å². The average Bonchev–Trinajstić information content (AvgIpc) is 1.40. The molecule has 5 rings (SSSR count). The molecule has 4 aliphatic rings. The summed E-state index contributed by atoms with van der Waals surface area (Å²) in [5, 5.41) is 8.55. The lowest BCUT2D eigenvalue weighted by Gasteiger charge is -2.43. The van der Waals surface area contributed by atoms with Crippen molar-refractivity contribution in [3.05, 3.63) is 35.1 Å². The quantitative estimate of drug-likeness (QED) is 0.257. The topological polar surface area (TPSA) is 259 Å². The van der Waals surface area contributed by atoms with Crippen LogP contribution < -0.4 is 16.0 Å². The van der Waals surface area contributed by atoms with Gasteiger partial charge >= 0.3 is 6.18 Å². The number of carbonyl (C=O) groups is 11. The molecule has 3 aliphatic heterocycles. The number of halogens is 4. The predicted octanol–water partition coefficient (Wildman–Crippen LogP) is 4.62. The number of hydrogen-bond acceptors (Lipinski definition) is 12. The second-order valence-corrected chi connectivity index (χ2v) is 27.3. The monoisotopic (exact) mass is 1320 g/mol. The molecule has 0 aromatic heterocycles. The van der Waals surface area contributed by atoms with Crippen molar-refractivity contribution in [2.75, 3.05) is 88.7 Å². The zero-order valence-corrected chi connectivity index (χ0v) is 57.1. The summed E-state index contributed by atoms with van der Waals surface area (Å²) >= 11 is 0. The summed E-state index contributed by atoms with van der Waals surface area (Å²) in [6.45, 7) is 11.1. The van der Waals surface area contributed by atoms with E-state index in [0.29, 0.717) is 25.0 Å². The van der Waals surface area contributed by atoms with Crippen LogP contribution in [0.25, 0.3) is 0 Å². The third kappa shape index (κ3) is 20.3. The van der Waals surface area contributed by atoms with E-state index in [4.69, 9.17) is 4.74 Å². The molecule has 93 heavy (non-hydrogen) atoms. The lowest BCUT2D eigenvalue weighted by molar-refractivity contribution is -0.154. The molecule has 1 aromatic carbocycles. The number of nitrogens with zero attached hydrogens (tertiary/aromatic N) is 8. The SMILES string of the molecule is CC[C@H](C)[C@@H]1NC(=O)[C@H](CC(C)C)N(C)C(=O)C[C@@H](C)N(C)C(=O)[C@H](CC(C)C)N(C)C(=O)C2(CCOCC2)NC(=O)[C@@H]2CCCN2C(=O)[C@H](CCc2ccc(C(F)(F)F)c(F)c2)NC(=O)CN(C)C(=O)[C@H](CC2CCCCC2)N(C)C(=O)CN(C)C(=O)CN(C)C1=O. The fraction of sp³-hybridized carbons (Fsp3) is 0.742. The highest BCUT2D eigenvalue weighted by Crippen LogP contribution is 2.34. The van der Waals surface area contributed by atoms with Gasteiger partial charge in [-0.05, 0) is 93.2 Å². The van der Waals surface area contributed by atoms with Crippen LogP contribution in [0.1, 0.15) is 156 Å². The normalized spacial score (nSPS) is 26.1. The Morgan fingerprint density at radius 1 is 0.634 bits per heavy atom. The van der Waals surface area contributed by atoms with Gasteiger partial charge in [0.1, 0.15) is 47.6 Å². The standard InChI is InChI=1S/C66H103F4N11O12/c1-15-42(6)57-63(91)76(10)38-55(84)74(8)39-56(85)79(13)52(36-44-20-17-16-18-21-44)61(89)75(9)37-53(82)71-48(26-24-45-23-25-46(47(67)35-45)66(68,69)70)60(88)81-29-19-22-49(81)59(87)73-65(27-30-93-31-28-65)64(92)80(14)51(33-41(4)5)62(90)77(11)43(7)34-54(83)78(12)50(32-40(2)3)58(86)72-57/h23,25,35,40-44,48-52,57H,15-22,24,26-34,36-39H2,1-14H3,(H,71,82)(H,72,86)(H,73,87)/t42-,43+,48-,49-,50-,51-,52-,57-/m0/s1. The smallest absolute Gasteiger partial charge is 0.381 e. The first-order valence-corrected chi connectivity index (χ1v) is 33.0. The molecule has 8 atom stereocenters. The molecule has 4 fully saturated rings. The number of alkyl halides is 3. The Hall–Kier alpha value is -6.93. The lowest BCUT2D eigenvalue weighted by atomic mass is 9.84. The predicted molar refractivity (Wildman–Crippen MR) is 338 cm³/mol. The lowest BCUT2D eigenvalue weighted by Crippen LogP contribution is -2.66. The van der Waals surface area contributed by atoms with Gasteiger partial charge < -0.3 is 59.9 Å². The fourth-order valence-corrected chi connectivity index (χ4v) is 12.9. The van der Waals surface area contributed by atoms with Crippen molar-refractivity contribution in [1.29, 1.82) is 0 Å². The number of likely N-dealkylation sites (N-methyl/N-ethyl adjacent to an activating group) is 7. The van der Waals surface area contributed by atoms with Gasteiger partial charge in [0.25, 0.3) is 0 Å². The van der Waals surface area contributed by atoms with Crippen molar-refractivity contribution in [2.24, 2.45) is 23.7 Å². The van der Waals surface area contributed by atoms with Crippen LogP contribution in [0.2, 0.25) is 0 Å². The van der Waals surface area contributed by atoms with Crippen molar-refractivity contribution >= 4 is 65.0 Å². The summed E-state index contributed by atoms with van der Waals surface area (Å²) in [5.74, 6) is -9.40. The third-order valence-electron chi connectivity index (χ3n) is 19.3. The first-order valence-electron chi connectivity index (χ1n) is 33.0. The summed E-state index contributed by atoms with van der Waals surface area (Å²) in [6, 6.07) is -5.68. The van der Waals surface area contributed by atoms with E-state index >= 15 is 9.59 Å². The number of nitrogens with one attached hydrogen (secondary N) is 3. The van der Waals surface area contributed by atoms with Crippen molar-refractivity contribution < 1.29 is 75.0 Å². The minimum absolute atomic E-state index is 0.00255. The summed E-state index contributed by atoms with van der Waals surface area (Å²) in [6.07, 6.45) is -0.144. The maximum atomic E-state index is 15.3. The van der Waals surface area contributed by atoms with Gasteiger partial charge in [0, 0.05) is 94.4 Å².